The van der Waals surface area contributed by atoms with Gasteiger partial charge in [0.15, 0.2) is 6.61 Å². The summed E-state index contributed by atoms with van der Waals surface area (Å²) in [7, 11) is 0. The van der Waals surface area contributed by atoms with E-state index < -0.39 is 11.9 Å². The van der Waals surface area contributed by atoms with Crippen molar-refractivity contribution in [3.8, 4) is 0 Å². The first-order valence-corrected chi connectivity index (χ1v) is 7.86. The van der Waals surface area contributed by atoms with Crippen molar-refractivity contribution in [2.45, 2.75) is 27.2 Å². The van der Waals surface area contributed by atoms with Crippen LogP contribution in [0.5, 0.6) is 0 Å². The highest BCUT2D eigenvalue weighted by molar-refractivity contribution is 5.98. The molecule has 2 N–H and O–H groups in total. The fourth-order valence-electron chi connectivity index (χ4n) is 1.81. The molecule has 0 radical (unpaired) electrons. The lowest BCUT2D eigenvalue weighted by Crippen LogP contribution is -2.32. The highest BCUT2D eigenvalue weighted by Crippen LogP contribution is 2.06. The summed E-state index contributed by atoms with van der Waals surface area (Å²) in [5, 5.41) is 5.10. The van der Waals surface area contributed by atoms with E-state index >= 15 is 0 Å². The van der Waals surface area contributed by atoms with Crippen LogP contribution in [-0.2, 0) is 19.1 Å². The zero-order valence-corrected chi connectivity index (χ0v) is 14.3. The second kappa shape index (κ2) is 10.2. The van der Waals surface area contributed by atoms with E-state index in [1.807, 2.05) is 18.2 Å². The lowest BCUT2D eigenvalue weighted by molar-refractivity contribution is -0.145. The van der Waals surface area contributed by atoms with E-state index in [2.05, 4.69) is 24.5 Å². The first-order chi connectivity index (χ1) is 11.4. The van der Waals surface area contributed by atoms with Gasteiger partial charge in [0, 0.05) is 13.5 Å². The summed E-state index contributed by atoms with van der Waals surface area (Å²) >= 11 is 0. The fraction of sp³-hybridized carbons (Fsp3) is 0.389. The van der Waals surface area contributed by atoms with Gasteiger partial charge in [-0.1, -0.05) is 44.2 Å². The maximum Gasteiger partial charge on any atom is 0.355 e. The maximum atomic E-state index is 12.1. The maximum absolute atomic E-state index is 12.1. The van der Waals surface area contributed by atoms with Gasteiger partial charge in [-0.15, -0.1) is 0 Å². The number of hydrogen-bond acceptors (Lipinski definition) is 4. The Morgan fingerprint density at radius 3 is 2.42 bits per heavy atom. The Morgan fingerprint density at radius 1 is 1.17 bits per heavy atom. The summed E-state index contributed by atoms with van der Waals surface area (Å²) in [4.78, 5) is 35.0. The molecule has 0 saturated carbocycles. The minimum absolute atomic E-state index is 0.0105. The third-order valence-electron chi connectivity index (χ3n) is 3.02. The number of nitrogens with one attached hydrogen (secondary N) is 2. The van der Waals surface area contributed by atoms with E-state index in [-0.39, 0.29) is 18.2 Å². The van der Waals surface area contributed by atoms with Gasteiger partial charge in [0.1, 0.15) is 5.70 Å². The molecule has 0 aliphatic rings. The SMILES string of the molecule is CC(=O)N/C(=C\c1ccccc1)C(=O)OCC(=O)NCCC(C)C. The molecule has 0 aliphatic carbocycles. The number of rotatable bonds is 8. The van der Waals surface area contributed by atoms with Crippen molar-refractivity contribution < 1.29 is 19.1 Å². The molecule has 6 nitrogen and oxygen atoms in total. The van der Waals surface area contributed by atoms with Gasteiger partial charge in [0.2, 0.25) is 5.91 Å². The Morgan fingerprint density at radius 2 is 1.83 bits per heavy atom. The monoisotopic (exact) mass is 332 g/mol. The molecule has 0 heterocycles. The van der Waals surface area contributed by atoms with Crippen LogP contribution in [0.15, 0.2) is 36.0 Å². The minimum atomic E-state index is -0.756. The zero-order chi connectivity index (χ0) is 17.9. The van der Waals surface area contributed by atoms with Crippen molar-refractivity contribution in [2.75, 3.05) is 13.2 Å². The molecule has 0 aromatic heterocycles. The highest BCUT2D eigenvalue weighted by Gasteiger charge is 2.14. The average molecular weight is 332 g/mol. The van der Waals surface area contributed by atoms with E-state index in [1.54, 1.807) is 12.1 Å². The molecule has 1 rings (SSSR count). The average Bonchev–Trinajstić information content (AvgIpc) is 2.52. The number of ether oxygens (including phenoxy) is 1. The molecular formula is C18H24N2O4. The first-order valence-electron chi connectivity index (χ1n) is 7.86. The summed E-state index contributed by atoms with van der Waals surface area (Å²) in [5.74, 6) is -1.04. The number of benzene rings is 1. The van der Waals surface area contributed by atoms with Gasteiger partial charge < -0.3 is 15.4 Å². The van der Waals surface area contributed by atoms with Crippen molar-refractivity contribution in [1.82, 2.24) is 10.6 Å². The number of carbonyl (C=O) groups excluding carboxylic acids is 3. The van der Waals surface area contributed by atoms with E-state index in [1.165, 1.54) is 13.0 Å². The van der Waals surface area contributed by atoms with Crippen molar-refractivity contribution >= 4 is 23.9 Å². The normalized spacial score (nSPS) is 11.1. The minimum Gasteiger partial charge on any atom is -0.451 e. The van der Waals surface area contributed by atoms with Crippen LogP contribution < -0.4 is 10.6 Å². The molecule has 1 aromatic rings. The van der Waals surface area contributed by atoms with Gasteiger partial charge in [0.05, 0.1) is 0 Å². The Bertz CT molecular complexity index is 594. The fourth-order valence-corrected chi connectivity index (χ4v) is 1.81. The lowest BCUT2D eigenvalue weighted by atomic mass is 10.1. The van der Waals surface area contributed by atoms with E-state index in [4.69, 9.17) is 4.74 Å². The van der Waals surface area contributed by atoms with Gasteiger partial charge in [-0.05, 0) is 24.0 Å². The summed E-state index contributed by atoms with van der Waals surface area (Å²) < 4.78 is 4.96. The summed E-state index contributed by atoms with van der Waals surface area (Å²) in [6, 6.07) is 9.03. The highest BCUT2D eigenvalue weighted by atomic mass is 16.5. The molecular weight excluding hydrogens is 308 g/mol. The van der Waals surface area contributed by atoms with Gasteiger partial charge in [0.25, 0.3) is 5.91 Å². The van der Waals surface area contributed by atoms with Crippen LogP contribution in [0.2, 0.25) is 0 Å². The molecule has 1 aromatic carbocycles. The standard InChI is InChI=1S/C18H24N2O4/c1-13(2)9-10-19-17(22)12-24-18(23)16(20-14(3)21)11-15-7-5-4-6-8-15/h4-8,11,13H,9-10,12H2,1-3H3,(H,19,22)(H,20,21)/b16-11-. The van der Waals surface area contributed by atoms with Crippen LogP contribution in [0.1, 0.15) is 32.8 Å². The Labute approximate surface area is 142 Å². The Kier molecular flexibility index (Phi) is 8.25. The quantitative estimate of drug-likeness (QED) is 0.562. The largest absolute Gasteiger partial charge is 0.451 e. The summed E-state index contributed by atoms with van der Waals surface area (Å²) in [6.45, 7) is 5.56. The smallest absolute Gasteiger partial charge is 0.355 e. The Hall–Kier alpha value is -2.63. The molecule has 0 saturated heterocycles. The van der Waals surface area contributed by atoms with Gasteiger partial charge >= 0.3 is 5.97 Å². The van der Waals surface area contributed by atoms with Crippen molar-refractivity contribution in [3.05, 3.63) is 41.6 Å². The van der Waals surface area contributed by atoms with Gasteiger partial charge in [-0.2, -0.15) is 0 Å². The van der Waals surface area contributed by atoms with E-state index in [9.17, 15) is 14.4 Å². The number of carbonyl (C=O) groups is 3. The molecule has 0 atom stereocenters. The third kappa shape index (κ3) is 8.12. The van der Waals surface area contributed by atoms with Crippen LogP contribution in [-0.4, -0.2) is 30.9 Å². The number of hydrogen-bond donors (Lipinski definition) is 2. The van der Waals surface area contributed by atoms with Crippen molar-refractivity contribution in [3.63, 3.8) is 0 Å². The summed E-state index contributed by atoms with van der Waals surface area (Å²) in [5.41, 5.74) is 0.725. The molecule has 0 spiro atoms. The first kappa shape index (κ1) is 19.4. The predicted molar refractivity (Wildman–Crippen MR) is 91.7 cm³/mol. The molecule has 6 heteroatoms. The molecule has 130 valence electrons. The van der Waals surface area contributed by atoms with Crippen molar-refractivity contribution in [2.24, 2.45) is 5.92 Å². The van der Waals surface area contributed by atoms with Crippen LogP contribution in [0.3, 0.4) is 0 Å². The predicted octanol–water partition coefficient (Wildman–Crippen LogP) is 1.87. The molecule has 0 aliphatic heterocycles. The summed E-state index contributed by atoms with van der Waals surface area (Å²) in [6.07, 6.45) is 2.35. The lowest BCUT2D eigenvalue weighted by Gasteiger charge is -2.10. The molecule has 24 heavy (non-hydrogen) atoms. The third-order valence-corrected chi connectivity index (χ3v) is 3.02. The zero-order valence-electron chi connectivity index (χ0n) is 14.3. The van der Waals surface area contributed by atoms with E-state index in [0.29, 0.717) is 12.5 Å². The van der Waals surface area contributed by atoms with Crippen LogP contribution in [0.4, 0.5) is 0 Å². The molecule has 0 bridgehead atoms. The van der Waals surface area contributed by atoms with Gasteiger partial charge in [-0.25, -0.2) is 4.79 Å². The molecule has 0 fully saturated rings. The topological polar surface area (TPSA) is 84.5 Å². The second-order valence-corrected chi connectivity index (χ2v) is 5.76. The second-order valence-electron chi connectivity index (χ2n) is 5.76. The van der Waals surface area contributed by atoms with Crippen LogP contribution >= 0.6 is 0 Å². The van der Waals surface area contributed by atoms with Crippen LogP contribution in [0, 0.1) is 5.92 Å². The van der Waals surface area contributed by atoms with Gasteiger partial charge in [-0.3, -0.25) is 9.59 Å². The number of amides is 2. The van der Waals surface area contributed by atoms with Crippen molar-refractivity contribution in [1.29, 1.82) is 0 Å². The van der Waals surface area contributed by atoms with E-state index in [0.717, 1.165) is 12.0 Å². The van der Waals surface area contributed by atoms with Crippen LogP contribution in [0.25, 0.3) is 6.08 Å². The number of esters is 1. The molecule has 2 amide bonds. The molecule has 0 unspecified atom stereocenters. The Balaban J connectivity index is 2.61.